The second-order valence-electron chi connectivity index (χ2n) is 6.45. The van der Waals surface area contributed by atoms with E-state index in [2.05, 4.69) is 10.6 Å². The van der Waals surface area contributed by atoms with Crippen LogP contribution in [0.3, 0.4) is 0 Å². The van der Waals surface area contributed by atoms with Crippen LogP contribution in [0.15, 0.2) is 23.1 Å². The number of aryl methyl sites for hydroxylation is 2. The van der Waals surface area contributed by atoms with Crippen LogP contribution in [-0.4, -0.2) is 68.8 Å². The summed E-state index contributed by atoms with van der Waals surface area (Å²) in [6.07, 6.45) is 0. The Kier molecular flexibility index (Phi) is 6.38. The second-order valence-corrected chi connectivity index (χ2v) is 8.36. The number of carbonyl (C=O) groups is 2. The van der Waals surface area contributed by atoms with Crippen molar-refractivity contribution in [3.63, 3.8) is 0 Å². The smallest absolute Gasteiger partial charge is 0.321 e. The van der Waals surface area contributed by atoms with Crippen molar-refractivity contribution in [1.82, 2.24) is 19.8 Å². The number of amides is 3. The van der Waals surface area contributed by atoms with Crippen molar-refractivity contribution < 1.29 is 18.0 Å². The molecule has 1 heterocycles. The van der Waals surface area contributed by atoms with Crippen LogP contribution in [0.1, 0.15) is 18.1 Å². The number of carbonyl (C=O) groups excluding carboxylic acids is 2. The third kappa shape index (κ3) is 4.40. The van der Waals surface area contributed by atoms with Gasteiger partial charge in [-0.1, -0.05) is 17.7 Å². The standard InChI is InChI=1S/C17H26N4O4S/c1-12-5-6-15(13(2)11-12)26(24,25)21-9-7-20(8-10-21)14(3)16(22)19-17(23)18-4/h5-6,11,14H,7-10H2,1-4H3,(H2,18,19,22,23)/t14-/m1/s1. The number of piperazine rings is 1. The van der Waals surface area contributed by atoms with Gasteiger partial charge in [0.25, 0.3) is 0 Å². The molecule has 1 aliphatic heterocycles. The lowest BCUT2D eigenvalue weighted by atomic mass is 10.2. The Balaban J connectivity index is 2.03. The predicted molar refractivity (Wildman–Crippen MR) is 98.3 cm³/mol. The molecule has 2 rings (SSSR count). The first-order chi connectivity index (χ1) is 12.2. The van der Waals surface area contributed by atoms with Crippen molar-refractivity contribution >= 4 is 22.0 Å². The molecule has 1 fully saturated rings. The Hall–Kier alpha value is -1.97. The van der Waals surface area contributed by atoms with Crippen molar-refractivity contribution in [2.45, 2.75) is 31.7 Å². The van der Waals surface area contributed by atoms with Crippen molar-refractivity contribution in [3.8, 4) is 0 Å². The Labute approximate surface area is 154 Å². The molecule has 3 amide bonds. The summed E-state index contributed by atoms with van der Waals surface area (Å²) in [5, 5.41) is 4.58. The van der Waals surface area contributed by atoms with E-state index in [1.807, 2.05) is 17.9 Å². The average molecular weight is 382 g/mol. The fourth-order valence-corrected chi connectivity index (χ4v) is 4.63. The number of imide groups is 1. The number of sulfonamides is 1. The van der Waals surface area contributed by atoms with Crippen LogP contribution in [0, 0.1) is 13.8 Å². The molecule has 0 spiro atoms. The minimum absolute atomic E-state index is 0.299. The predicted octanol–water partition coefficient (Wildman–Crippen LogP) is 0.454. The maximum absolute atomic E-state index is 12.9. The molecule has 0 radical (unpaired) electrons. The van der Waals surface area contributed by atoms with Crippen molar-refractivity contribution in [2.75, 3.05) is 33.2 Å². The fraction of sp³-hybridized carbons (Fsp3) is 0.529. The third-order valence-electron chi connectivity index (χ3n) is 4.61. The van der Waals surface area contributed by atoms with E-state index in [0.717, 1.165) is 11.1 Å². The number of nitrogens with zero attached hydrogens (tertiary/aromatic N) is 2. The van der Waals surface area contributed by atoms with Gasteiger partial charge in [0.15, 0.2) is 0 Å². The Bertz CT molecular complexity index is 786. The number of hydrogen-bond donors (Lipinski definition) is 2. The van der Waals surface area contributed by atoms with E-state index in [-0.39, 0.29) is 0 Å². The minimum Gasteiger partial charge on any atom is -0.341 e. The van der Waals surface area contributed by atoms with Crippen LogP contribution in [0.5, 0.6) is 0 Å². The lowest BCUT2D eigenvalue weighted by Gasteiger charge is -2.36. The molecule has 9 heteroatoms. The summed E-state index contributed by atoms with van der Waals surface area (Å²) >= 11 is 0. The SMILES string of the molecule is CNC(=O)NC(=O)[C@@H](C)N1CCN(S(=O)(=O)c2ccc(C)cc2C)CC1. The summed E-state index contributed by atoms with van der Waals surface area (Å²) < 4.78 is 27.2. The molecule has 1 aliphatic rings. The molecule has 1 aromatic rings. The molecule has 8 nitrogen and oxygen atoms in total. The zero-order valence-corrected chi connectivity index (χ0v) is 16.4. The van der Waals surface area contributed by atoms with E-state index in [4.69, 9.17) is 0 Å². The van der Waals surface area contributed by atoms with Crippen molar-refractivity contribution in [1.29, 1.82) is 0 Å². The molecule has 0 bridgehead atoms. The van der Waals surface area contributed by atoms with Gasteiger partial charge in [-0.25, -0.2) is 13.2 Å². The van der Waals surface area contributed by atoms with Gasteiger partial charge in [0.1, 0.15) is 0 Å². The summed E-state index contributed by atoms with van der Waals surface area (Å²) in [5.41, 5.74) is 1.74. The molecule has 1 aromatic carbocycles. The number of hydrogen-bond acceptors (Lipinski definition) is 5. The molecule has 2 N–H and O–H groups in total. The van der Waals surface area contributed by atoms with Gasteiger partial charge in [-0.2, -0.15) is 4.31 Å². The summed E-state index contributed by atoms with van der Waals surface area (Å²) in [4.78, 5) is 25.5. The summed E-state index contributed by atoms with van der Waals surface area (Å²) in [6, 6.07) is 4.22. The first-order valence-corrected chi connectivity index (χ1v) is 9.95. The molecule has 0 aliphatic carbocycles. The fourth-order valence-electron chi connectivity index (χ4n) is 3.00. The molecule has 0 aromatic heterocycles. The summed E-state index contributed by atoms with van der Waals surface area (Å²) in [7, 11) is -2.13. The number of urea groups is 1. The Morgan fingerprint density at radius 1 is 1.12 bits per heavy atom. The van der Waals surface area contributed by atoms with Crippen LogP contribution in [0.4, 0.5) is 4.79 Å². The molecule has 1 atom stereocenters. The highest BCUT2D eigenvalue weighted by Crippen LogP contribution is 2.22. The minimum atomic E-state index is -3.56. The largest absolute Gasteiger partial charge is 0.341 e. The Morgan fingerprint density at radius 3 is 2.27 bits per heavy atom. The first-order valence-electron chi connectivity index (χ1n) is 8.51. The van der Waals surface area contributed by atoms with Gasteiger partial charge in [-0.05, 0) is 32.4 Å². The summed E-state index contributed by atoms with van der Waals surface area (Å²) in [6.45, 7) is 6.86. The molecule has 26 heavy (non-hydrogen) atoms. The maximum atomic E-state index is 12.9. The quantitative estimate of drug-likeness (QED) is 0.788. The monoisotopic (exact) mass is 382 g/mol. The molecule has 144 valence electrons. The van der Waals surface area contributed by atoms with Crippen LogP contribution in [-0.2, 0) is 14.8 Å². The van der Waals surface area contributed by atoms with E-state index in [1.165, 1.54) is 11.4 Å². The van der Waals surface area contributed by atoms with Crippen molar-refractivity contribution in [3.05, 3.63) is 29.3 Å². The van der Waals surface area contributed by atoms with E-state index in [9.17, 15) is 18.0 Å². The van der Waals surface area contributed by atoms with Gasteiger partial charge in [-0.15, -0.1) is 0 Å². The zero-order chi connectivity index (χ0) is 19.5. The summed E-state index contributed by atoms with van der Waals surface area (Å²) in [5.74, 6) is -0.407. The molecule has 1 saturated heterocycles. The van der Waals surface area contributed by atoms with E-state index < -0.39 is 28.0 Å². The number of benzene rings is 1. The first kappa shape index (κ1) is 20.3. The molecule has 0 unspecified atom stereocenters. The van der Waals surface area contributed by atoms with Gasteiger partial charge in [0.2, 0.25) is 15.9 Å². The molecular formula is C17H26N4O4S. The van der Waals surface area contributed by atoms with Gasteiger partial charge in [-0.3, -0.25) is 15.0 Å². The zero-order valence-electron chi connectivity index (χ0n) is 15.6. The van der Waals surface area contributed by atoms with Gasteiger partial charge >= 0.3 is 6.03 Å². The van der Waals surface area contributed by atoms with Crippen LogP contribution in [0.25, 0.3) is 0 Å². The normalized spacial score (nSPS) is 17.5. The number of nitrogens with one attached hydrogen (secondary N) is 2. The van der Waals surface area contributed by atoms with Crippen molar-refractivity contribution in [2.24, 2.45) is 0 Å². The van der Waals surface area contributed by atoms with Crippen LogP contribution >= 0.6 is 0 Å². The van der Waals surface area contributed by atoms with E-state index >= 15 is 0 Å². The Morgan fingerprint density at radius 2 is 1.73 bits per heavy atom. The van der Waals surface area contributed by atoms with Crippen LogP contribution in [0.2, 0.25) is 0 Å². The van der Waals surface area contributed by atoms with Crippen LogP contribution < -0.4 is 10.6 Å². The highest BCUT2D eigenvalue weighted by atomic mass is 32.2. The lowest BCUT2D eigenvalue weighted by Crippen LogP contribution is -2.56. The van der Waals surface area contributed by atoms with E-state index in [0.29, 0.717) is 31.1 Å². The second kappa shape index (κ2) is 8.15. The van der Waals surface area contributed by atoms with Gasteiger partial charge < -0.3 is 5.32 Å². The topological polar surface area (TPSA) is 98.8 Å². The third-order valence-corrected chi connectivity index (χ3v) is 6.67. The highest BCUT2D eigenvalue weighted by Gasteiger charge is 2.32. The average Bonchev–Trinajstić information content (AvgIpc) is 2.60. The van der Waals surface area contributed by atoms with Gasteiger partial charge in [0, 0.05) is 33.2 Å². The maximum Gasteiger partial charge on any atom is 0.321 e. The van der Waals surface area contributed by atoms with Gasteiger partial charge in [0.05, 0.1) is 10.9 Å². The van der Waals surface area contributed by atoms with E-state index in [1.54, 1.807) is 26.0 Å². The lowest BCUT2D eigenvalue weighted by molar-refractivity contribution is -0.125. The highest BCUT2D eigenvalue weighted by molar-refractivity contribution is 7.89. The number of rotatable bonds is 4. The molecular weight excluding hydrogens is 356 g/mol. The molecule has 0 saturated carbocycles.